The van der Waals surface area contributed by atoms with Crippen LogP contribution < -0.4 is 5.32 Å². The van der Waals surface area contributed by atoms with Crippen molar-refractivity contribution in [2.24, 2.45) is 0 Å². The van der Waals surface area contributed by atoms with Gasteiger partial charge in [0.2, 0.25) is 0 Å². The highest BCUT2D eigenvalue weighted by atomic mass is 79.9. The van der Waals surface area contributed by atoms with Gasteiger partial charge in [0.1, 0.15) is 12.4 Å². The Balaban J connectivity index is 2.93. The number of nitrogens with zero attached hydrogens (tertiary/aromatic N) is 1. The molecule has 1 aromatic carbocycles. The van der Waals surface area contributed by atoms with Gasteiger partial charge >= 0.3 is 12.0 Å². The third-order valence-electron chi connectivity index (χ3n) is 2.70. The number of benzene rings is 1. The summed E-state index contributed by atoms with van der Waals surface area (Å²) < 4.78 is 13.8. The summed E-state index contributed by atoms with van der Waals surface area (Å²) in [5.41, 5.74) is 0.984. The molecule has 0 aliphatic carbocycles. The van der Waals surface area contributed by atoms with E-state index in [9.17, 15) is 14.0 Å². The molecule has 5 nitrogen and oxygen atoms in total. The predicted molar refractivity (Wildman–Crippen MR) is 77.3 cm³/mol. The van der Waals surface area contributed by atoms with Crippen molar-refractivity contribution < 1.29 is 19.1 Å². The molecule has 110 valence electrons. The second kappa shape index (κ2) is 6.69. The lowest BCUT2D eigenvalue weighted by Gasteiger charge is -2.25. The van der Waals surface area contributed by atoms with Gasteiger partial charge in [-0.2, -0.15) is 0 Å². The van der Waals surface area contributed by atoms with Crippen LogP contribution in [-0.2, 0) is 4.79 Å². The number of carboxylic acids is 1. The number of aliphatic carboxylic acids is 1. The molecule has 0 heterocycles. The van der Waals surface area contributed by atoms with Crippen LogP contribution in [0.25, 0.3) is 0 Å². The number of amides is 2. The first-order chi connectivity index (χ1) is 9.22. The van der Waals surface area contributed by atoms with Crippen molar-refractivity contribution in [3.63, 3.8) is 0 Å². The van der Waals surface area contributed by atoms with E-state index in [-0.39, 0.29) is 6.04 Å². The molecule has 0 spiro atoms. The van der Waals surface area contributed by atoms with Gasteiger partial charge in [-0.15, -0.1) is 0 Å². The molecule has 0 saturated heterocycles. The fraction of sp³-hybridized carbons (Fsp3) is 0.385. The lowest BCUT2D eigenvalue weighted by molar-refractivity contribution is -0.137. The minimum absolute atomic E-state index is 0.285. The van der Waals surface area contributed by atoms with Gasteiger partial charge in [0.05, 0.1) is 4.47 Å². The van der Waals surface area contributed by atoms with Gasteiger partial charge in [-0.05, 0) is 54.4 Å². The van der Waals surface area contributed by atoms with E-state index in [1.807, 2.05) is 0 Å². The number of halogens is 2. The zero-order valence-corrected chi connectivity index (χ0v) is 13.0. The van der Waals surface area contributed by atoms with Gasteiger partial charge < -0.3 is 15.3 Å². The van der Waals surface area contributed by atoms with Gasteiger partial charge in [0.15, 0.2) is 0 Å². The number of carboxylic acid groups (broad SMARTS) is 1. The first kappa shape index (κ1) is 16.4. The molecular formula is C13H16BrFN2O3. The number of rotatable bonds is 4. The normalized spacial score (nSPS) is 10.5. The van der Waals surface area contributed by atoms with Crippen molar-refractivity contribution in [3.8, 4) is 0 Å². The van der Waals surface area contributed by atoms with Gasteiger partial charge in [-0.3, -0.25) is 4.79 Å². The summed E-state index contributed by atoms with van der Waals surface area (Å²) >= 11 is 3.06. The number of hydrogen-bond acceptors (Lipinski definition) is 2. The molecule has 0 saturated carbocycles. The molecule has 7 heteroatoms. The molecule has 0 aliphatic rings. The van der Waals surface area contributed by atoms with E-state index in [0.717, 1.165) is 4.90 Å². The Labute approximate surface area is 124 Å². The molecule has 2 N–H and O–H groups in total. The lowest BCUT2D eigenvalue weighted by atomic mass is 10.2. The van der Waals surface area contributed by atoms with E-state index in [1.165, 1.54) is 6.07 Å². The molecule has 20 heavy (non-hydrogen) atoms. The Bertz CT molecular complexity index is 535. The summed E-state index contributed by atoms with van der Waals surface area (Å²) in [6, 6.07) is 1.87. The van der Waals surface area contributed by atoms with Crippen LogP contribution in [-0.4, -0.2) is 34.6 Å². The van der Waals surface area contributed by atoms with Crippen LogP contribution in [0, 0.1) is 12.7 Å². The van der Waals surface area contributed by atoms with Gasteiger partial charge in [0.25, 0.3) is 0 Å². The van der Waals surface area contributed by atoms with E-state index in [2.05, 4.69) is 21.2 Å². The molecule has 0 aromatic heterocycles. The standard InChI is InChI=1S/C13H16BrFN2O3/c1-7(2)17(6-12(18)19)13(20)16-11-5-10(15)9(14)4-8(11)3/h4-5,7H,6H2,1-3H3,(H,16,20)(H,18,19). The Kier molecular flexibility index (Phi) is 5.50. The molecule has 0 radical (unpaired) electrons. The number of carbonyl (C=O) groups excluding carboxylic acids is 1. The van der Waals surface area contributed by atoms with Crippen molar-refractivity contribution in [1.29, 1.82) is 0 Å². The fourth-order valence-electron chi connectivity index (χ4n) is 1.60. The topological polar surface area (TPSA) is 69.6 Å². The lowest BCUT2D eigenvalue weighted by Crippen LogP contribution is -2.43. The summed E-state index contributed by atoms with van der Waals surface area (Å²) in [6.45, 7) is 4.72. The molecule has 0 atom stereocenters. The van der Waals surface area contributed by atoms with Gasteiger partial charge in [0, 0.05) is 11.7 Å². The average Bonchev–Trinajstić information content (AvgIpc) is 2.32. The van der Waals surface area contributed by atoms with Crippen LogP contribution in [0.5, 0.6) is 0 Å². The second-order valence-electron chi connectivity index (χ2n) is 4.63. The van der Waals surface area contributed by atoms with Crippen LogP contribution >= 0.6 is 15.9 Å². The van der Waals surface area contributed by atoms with E-state index in [1.54, 1.807) is 26.8 Å². The number of hydrogen-bond donors (Lipinski definition) is 2. The summed E-state index contributed by atoms with van der Waals surface area (Å²) in [5, 5.41) is 11.3. The molecule has 0 fully saturated rings. The zero-order valence-electron chi connectivity index (χ0n) is 11.4. The Morgan fingerprint density at radius 3 is 2.55 bits per heavy atom. The number of aryl methyl sites for hydroxylation is 1. The number of nitrogens with one attached hydrogen (secondary N) is 1. The van der Waals surface area contributed by atoms with Crippen LogP contribution in [0.15, 0.2) is 16.6 Å². The number of urea groups is 1. The third-order valence-corrected chi connectivity index (χ3v) is 3.31. The SMILES string of the molecule is Cc1cc(Br)c(F)cc1NC(=O)N(CC(=O)O)C(C)C. The third kappa shape index (κ3) is 4.19. The zero-order chi connectivity index (χ0) is 15.4. The highest BCUT2D eigenvalue weighted by Gasteiger charge is 2.20. The maximum absolute atomic E-state index is 13.5. The molecule has 0 unspecified atom stereocenters. The fourth-order valence-corrected chi connectivity index (χ4v) is 2.06. The molecule has 1 rings (SSSR count). The largest absolute Gasteiger partial charge is 0.480 e. The minimum atomic E-state index is -1.10. The van der Waals surface area contributed by atoms with E-state index in [0.29, 0.717) is 15.7 Å². The quantitative estimate of drug-likeness (QED) is 0.879. The van der Waals surface area contributed by atoms with E-state index < -0.39 is 24.4 Å². The molecule has 1 aromatic rings. The molecular weight excluding hydrogens is 331 g/mol. The van der Waals surface area contributed by atoms with Crippen LogP contribution in [0.3, 0.4) is 0 Å². The summed E-state index contributed by atoms with van der Waals surface area (Å²) in [5.74, 6) is -1.60. The van der Waals surface area contributed by atoms with Crippen molar-refractivity contribution in [3.05, 3.63) is 28.0 Å². The second-order valence-corrected chi connectivity index (χ2v) is 5.48. The monoisotopic (exact) mass is 346 g/mol. The molecule has 0 aliphatic heterocycles. The number of carbonyl (C=O) groups is 2. The Morgan fingerprint density at radius 2 is 2.05 bits per heavy atom. The maximum Gasteiger partial charge on any atom is 0.323 e. The van der Waals surface area contributed by atoms with Crippen LogP contribution in [0.2, 0.25) is 0 Å². The summed E-state index contributed by atoms with van der Waals surface area (Å²) in [4.78, 5) is 24.0. The highest BCUT2D eigenvalue weighted by molar-refractivity contribution is 9.10. The smallest absolute Gasteiger partial charge is 0.323 e. The first-order valence-electron chi connectivity index (χ1n) is 5.97. The summed E-state index contributed by atoms with van der Waals surface area (Å²) in [6.07, 6.45) is 0. The van der Waals surface area contributed by atoms with Crippen molar-refractivity contribution in [2.45, 2.75) is 26.8 Å². The van der Waals surface area contributed by atoms with Crippen molar-refractivity contribution in [2.75, 3.05) is 11.9 Å². The van der Waals surface area contributed by atoms with Crippen LogP contribution in [0.1, 0.15) is 19.4 Å². The van der Waals surface area contributed by atoms with E-state index >= 15 is 0 Å². The number of anilines is 1. The predicted octanol–water partition coefficient (Wildman–Crippen LogP) is 3.22. The molecule has 2 amide bonds. The van der Waals surface area contributed by atoms with Gasteiger partial charge in [-0.1, -0.05) is 0 Å². The first-order valence-corrected chi connectivity index (χ1v) is 6.76. The van der Waals surface area contributed by atoms with Crippen molar-refractivity contribution >= 4 is 33.6 Å². The van der Waals surface area contributed by atoms with E-state index in [4.69, 9.17) is 5.11 Å². The minimum Gasteiger partial charge on any atom is -0.480 e. The Morgan fingerprint density at radius 1 is 1.45 bits per heavy atom. The Hall–Kier alpha value is -1.63. The average molecular weight is 347 g/mol. The maximum atomic E-state index is 13.5. The summed E-state index contributed by atoms with van der Waals surface area (Å²) in [7, 11) is 0. The van der Waals surface area contributed by atoms with Crippen molar-refractivity contribution in [1.82, 2.24) is 4.90 Å². The van der Waals surface area contributed by atoms with Gasteiger partial charge in [-0.25, -0.2) is 9.18 Å². The highest BCUT2D eigenvalue weighted by Crippen LogP contribution is 2.24. The molecule has 0 bridgehead atoms. The van der Waals surface area contributed by atoms with Crippen LogP contribution in [0.4, 0.5) is 14.9 Å².